The molecule has 6 rings (SSSR count). The largest absolute Gasteiger partial charge is 0.379 e. The number of nitrogens with one attached hydrogen (secondary N) is 3. The maximum atomic E-state index is 14.2. The van der Waals surface area contributed by atoms with Crippen molar-refractivity contribution < 1.29 is 28.6 Å². The van der Waals surface area contributed by atoms with E-state index >= 15 is 0 Å². The van der Waals surface area contributed by atoms with E-state index in [1.807, 2.05) is 6.92 Å². The Hall–Kier alpha value is -1.75. The second-order valence-corrected chi connectivity index (χ2v) is 13.6. The summed E-state index contributed by atoms with van der Waals surface area (Å²) in [5, 5.41) is 10.0. The first-order valence-corrected chi connectivity index (χ1v) is 16.1. The molecular formula is C31H50N4O6. The fourth-order valence-electron chi connectivity index (χ4n) is 9.80. The lowest BCUT2D eigenvalue weighted by Crippen LogP contribution is -2.70. The van der Waals surface area contributed by atoms with Crippen LogP contribution in [0.4, 0.5) is 0 Å². The number of hydrogen-bond donors (Lipinski definition) is 3. The van der Waals surface area contributed by atoms with Crippen molar-refractivity contribution in [2.24, 2.45) is 23.7 Å². The molecule has 3 heterocycles. The Morgan fingerprint density at radius 1 is 0.902 bits per heavy atom. The highest BCUT2D eigenvalue weighted by atomic mass is 16.5. The van der Waals surface area contributed by atoms with Crippen LogP contribution < -0.4 is 16.0 Å². The van der Waals surface area contributed by atoms with Crippen LogP contribution in [0.2, 0.25) is 0 Å². The van der Waals surface area contributed by atoms with Gasteiger partial charge in [-0.3, -0.25) is 14.4 Å². The van der Waals surface area contributed by atoms with Gasteiger partial charge in [0.25, 0.3) is 0 Å². The van der Waals surface area contributed by atoms with Gasteiger partial charge in [0.05, 0.1) is 30.3 Å². The number of piperidine rings is 2. The second-order valence-electron chi connectivity index (χ2n) is 13.6. The number of carbonyl (C=O) groups excluding carboxylic acids is 3. The van der Waals surface area contributed by atoms with E-state index in [9.17, 15) is 14.4 Å². The fraction of sp³-hybridized carbons (Fsp3) is 0.903. The molecule has 0 radical (unpaired) electrons. The molecule has 0 spiro atoms. The number of fused-ring (bicyclic) bond motifs is 5. The molecule has 3 aliphatic carbocycles. The van der Waals surface area contributed by atoms with Crippen LogP contribution in [-0.2, 0) is 28.6 Å². The molecule has 0 aromatic heterocycles. The highest BCUT2D eigenvalue weighted by Crippen LogP contribution is 2.54. The topological polar surface area (TPSA) is 118 Å². The van der Waals surface area contributed by atoms with Crippen LogP contribution in [-0.4, -0.2) is 98.0 Å². The summed E-state index contributed by atoms with van der Waals surface area (Å²) >= 11 is 0. The molecule has 3 aliphatic heterocycles. The maximum absolute atomic E-state index is 14.2. The minimum atomic E-state index is -0.507. The number of carbonyl (C=O) groups is 3. The van der Waals surface area contributed by atoms with E-state index in [0.29, 0.717) is 17.9 Å². The molecule has 6 fully saturated rings. The Morgan fingerprint density at radius 3 is 2.32 bits per heavy atom. The summed E-state index contributed by atoms with van der Waals surface area (Å²) in [5.74, 6) is 1.25. The third-order valence-electron chi connectivity index (χ3n) is 11.5. The quantitative estimate of drug-likeness (QED) is 0.424. The van der Waals surface area contributed by atoms with Gasteiger partial charge < -0.3 is 35.1 Å². The molecule has 10 heteroatoms. The summed E-state index contributed by atoms with van der Waals surface area (Å²) in [4.78, 5) is 40.9. The van der Waals surface area contributed by atoms with Gasteiger partial charge in [-0.25, -0.2) is 0 Å². The van der Waals surface area contributed by atoms with Crippen molar-refractivity contribution in [2.75, 3.05) is 20.8 Å². The van der Waals surface area contributed by atoms with Crippen molar-refractivity contribution in [1.29, 1.82) is 0 Å². The highest BCUT2D eigenvalue weighted by molar-refractivity contribution is 5.83. The lowest BCUT2D eigenvalue weighted by atomic mass is 9.64. The lowest BCUT2D eigenvalue weighted by Gasteiger charge is -2.55. The first kappa shape index (κ1) is 29.3. The number of methoxy groups -OCH3 is 2. The van der Waals surface area contributed by atoms with E-state index in [1.54, 1.807) is 21.1 Å². The second kappa shape index (κ2) is 12.1. The number of amides is 3. The molecule has 11 atom stereocenters. The van der Waals surface area contributed by atoms with E-state index in [-0.39, 0.29) is 72.0 Å². The normalized spacial score (nSPS) is 44.3. The molecule has 41 heavy (non-hydrogen) atoms. The average molecular weight is 575 g/mol. The number of nitrogens with zero attached hydrogens (tertiary/aromatic N) is 1. The predicted octanol–water partition coefficient (Wildman–Crippen LogP) is 1.75. The van der Waals surface area contributed by atoms with E-state index < -0.39 is 6.10 Å². The third-order valence-corrected chi connectivity index (χ3v) is 11.5. The summed E-state index contributed by atoms with van der Waals surface area (Å²) in [6, 6.07) is 1.14. The zero-order valence-electron chi connectivity index (χ0n) is 25.2. The van der Waals surface area contributed by atoms with Crippen LogP contribution in [0, 0.1) is 23.7 Å². The summed E-state index contributed by atoms with van der Waals surface area (Å²) in [7, 11) is 3.45. The van der Waals surface area contributed by atoms with E-state index in [0.717, 1.165) is 70.8 Å². The van der Waals surface area contributed by atoms with Gasteiger partial charge in [0.1, 0.15) is 6.10 Å². The van der Waals surface area contributed by atoms with Gasteiger partial charge in [0.2, 0.25) is 17.7 Å². The molecule has 11 unspecified atom stereocenters. The summed E-state index contributed by atoms with van der Waals surface area (Å²) < 4.78 is 18.1. The Morgan fingerprint density at radius 2 is 1.63 bits per heavy atom. The molecule has 0 aromatic rings. The number of hydrogen-bond acceptors (Lipinski definition) is 7. The van der Waals surface area contributed by atoms with E-state index in [1.165, 1.54) is 0 Å². The minimum Gasteiger partial charge on any atom is -0.379 e. The lowest BCUT2D eigenvalue weighted by molar-refractivity contribution is -0.175. The maximum Gasteiger partial charge on any atom is 0.249 e. The van der Waals surface area contributed by atoms with Crippen molar-refractivity contribution in [3.05, 3.63) is 0 Å². The van der Waals surface area contributed by atoms with Gasteiger partial charge in [-0.05, 0) is 95.4 Å². The first-order valence-electron chi connectivity index (χ1n) is 16.1. The predicted molar refractivity (Wildman–Crippen MR) is 152 cm³/mol. The van der Waals surface area contributed by atoms with Crippen LogP contribution in [0.5, 0.6) is 0 Å². The molecule has 3 saturated carbocycles. The Labute approximate surface area is 244 Å². The van der Waals surface area contributed by atoms with Crippen molar-refractivity contribution in [2.45, 2.75) is 133 Å². The van der Waals surface area contributed by atoms with Crippen molar-refractivity contribution in [3.63, 3.8) is 0 Å². The van der Waals surface area contributed by atoms with Crippen LogP contribution in [0.3, 0.4) is 0 Å². The molecule has 3 saturated heterocycles. The van der Waals surface area contributed by atoms with Gasteiger partial charge in [0.15, 0.2) is 0 Å². The van der Waals surface area contributed by atoms with E-state index in [2.05, 4.69) is 20.9 Å². The van der Waals surface area contributed by atoms with Gasteiger partial charge in [-0.2, -0.15) is 0 Å². The zero-order valence-corrected chi connectivity index (χ0v) is 25.2. The molecule has 3 N–H and O–H groups in total. The van der Waals surface area contributed by atoms with Crippen LogP contribution in [0.1, 0.15) is 78.1 Å². The van der Waals surface area contributed by atoms with Crippen LogP contribution in [0.25, 0.3) is 0 Å². The summed E-state index contributed by atoms with van der Waals surface area (Å²) in [6.07, 6.45) is 8.50. The average Bonchev–Trinajstić information content (AvgIpc) is 3.30. The van der Waals surface area contributed by atoms with Gasteiger partial charge >= 0.3 is 0 Å². The summed E-state index contributed by atoms with van der Waals surface area (Å²) in [6.45, 7) is 4.41. The molecule has 6 aliphatic rings. The molecule has 10 nitrogen and oxygen atoms in total. The minimum absolute atomic E-state index is 0.00850. The summed E-state index contributed by atoms with van der Waals surface area (Å²) in [5.41, 5.74) is 0. The standard InChI is InChI=1S/C31H50N4O6/c1-16(30(37)34-19-7-5-18(6-8-19)33-17(2)36)41-20-9-11-24-23(15-20)21-13-14-32-27-22-10-12-25(39-3)29(40-4)26(22)31(38)35(24)28(21)27/h16,18-29,32H,5-15H2,1-4H3,(H,33,36)(H,34,37). The zero-order chi connectivity index (χ0) is 28.8. The van der Waals surface area contributed by atoms with Crippen LogP contribution in [0.15, 0.2) is 0 Å². The van der Waals surface area contributed by atoms with Gasteiger partial charge in [0, 0.05) is 45.3 Å². The first-order chi connectivity index (χ1) is 19.8. The molecule has 0 bridgehead atoms. The molecule has 3 amide bonds. The van der Waals surface area contributed by atoms with Crippen LogP contribution >= 0.6 is 0 Å². The molecule has 0 aromatic carbocycles. The fourth-order valence-corrected chi connectivity index (χ4v) is 9.80. The monoisotopic (exact) mass is 574 g/mol. The van der Waals surface area contributed by atoms with Crippen molar-refractivity contribution in [1.82, 2.24) is 20.9 Å². The molecular weight excluding hydrogens is 524 g/mol. The Kier molecular flexibility index (Phi) is 8.65. The van der Waals surface area contributed by atoms with Gasteiger partial charge in [-0.15, -0.1) is 0 Å². The van der Waals surface area contributed by atoms with E-state index in [4.69, 9.17) is 14.2 Å². The van der Waals surface area contributed by atoms with Crippen molar-refractivity contribution in [3.8, 4) is 0 Å². The Bertz CT molecular complexity index is 988. The van der Waals surface area contributed by atoms with Gasteiger partial charge in [-0.1, -0.05) is 0 Å². The third kappa shape index (κ3) is 5.43. The Balaban J connectivity index is 1.08. The highest BCUT2D eigenvalue weighted by Gasteiger charge is 2.64. The molecule has 230 valence electrons. The number of ether oxygens (including phenoxy) is 3. The smallest absolute Gasteiger partial charge is 0.249 e. The number of rotatable bonds is 7. The SMILES string of the molecule is COC1CCC2C3NCCC4C5CC(OC(C)C(=O)NC6CCC(NC(C)=O)CC6)CCC5N(C(=O)C2C1OC)C43. The van der Waals surface area contributed by atoms with Crippen molar-refractivity contribution >= 4 is 17.7 Å².